The number of fused-ring (bicyclic) bond motifs is 1. The van der Waals surface area contributed by atoms with Crippen molar-refractivity contribution in [3.63, 3.8) is 0 Å². The van der Waals surface area contributed by atoms with Gasteiger partial charge in [-0.05, 0) is 49.2 Å². The molecule has 2 aromatic carbocycles. The van der Waals surface area contributed by atoms with E-state index in [0.29, 0.717) is 35.2 Å². The number of nitrogens with zero attached hydrogens (tertiary/aromatic N) is 4. The standard InChI is InChI=1S/C26H22FN5O2/c27-21-9-4-10-22-20(21)14-23(29-22)26-30-25(31-32(26)18-6-5-13-33-16-18)17-11-12-24(28-15-17)34-19-7-2-1-3-8-19/h1-4,7-12,14-15,18,29H,5-6,13,16H2. The molecule has 6 rings (SSSR count). The molecule has 8 heteroatoms. The molecule has 34 heavy (non-hydrogen) atoms. The van der Waals surface area contributed by atoms with E-state index in [1.165, 1.54) is 6.07 Å². The molecule has 0 radical (unpaired) electrons. The fourth-order valence-electron chi connectivity index (χ4n) is 4.22. The van der Waals surface area contributed by atoms with Crippen molar-refractivity contribution >= 4 is 10.9 Å². The summed E-state index contributed by atoms with van der Waals surface area (Å²) in [6.07, 6.45) is 3.59. The Balaban J connectivity index is 1.37. The van der Waals surface area contributed by atoms with Crippen molar-refractivity contribution in [2.75, 3.05) is 13.2 Å². The second-order valence-corrected chi connectivity index (χ2v) is 8.26. The SMILES string of the molecule is Fc1cccc2[nH]c(-c3nc(-c4ccc(Oc5ccccc5)nc4)nn3C3CCCOC3)cc12. The van der Waals surface area contributed by atoms with E-state index in [2.05, 4.69) is 9.97 Å². The van der Waals surface area contributed by atoms with Crippen LogP contribution in [0.3, 0.4) is 0 Å². The maximum absolute atomic E-state index is 14.3. The van der Waals surface area contributed by atoms with Gasteiger partial charge in [0.2, 0.25) is 5.88 Å². The summed E-state index contributed by atoms with van der Waals surface area (Å²) < 4.78 is 27.7. The van der Waals surface area contributed by atoms with Crippen LogP contribution in [0.4, 0.5) is 4.39 Å². The van der Waals surface area contributed by atoms with E-state index in [1.54, 1.807) is 24.4 Å². The van der Waals surface area contributed by atoms with Crippen molar-refractivity contribution in [3.05, 3.63) is 78.7 Å². The van der Waals surface area contributed by atoms with Gasteiger partial charge in [0, 0.05) is 35.3 Å². The molecule has 1 aliphatic heterocycles. The topological polar surface area (TPSA) is 77.9 Å². The number of rotatable bonds is 5. The van der Waals surface area contributed by atoms with Gasteiger partial charge < -0.3 is 14.5 Å². The van der Waals surface area contributed by atoms with Crippen LogP contribution in [-0.2, 0) is 4.74 Å². The number of benzene rings is 2. The highest BCUT2D eigenvalue weighted by atomic mass is 19.1. The number of hydrogen-bond donors (Lipinski definition) is 1. The molecule has 0 amide bonds. The number of hydrogen-bond acceptors (Lipinski definition) is 5. The lowest BCUT2D eigenvalue weighted by Crippen LogP contribution is -2.23. The number of halogens is 1. The molecule has 1 fully saturated rings. The summed E-state index contributed by atoms with van der Waals surface area (Å²) in [7, 11) is 0. The lowest BCUT2D eigenvalue weighted by atomic mass is 10.1. The Morgan fingerprint density at radius 1 is 1.06 bits per heavy atom. The van der Waals surface area contributed by atoms with Gasteiger partial charge in [-0.25, -0.2) is 19.0 Å². The molecule has 3 aromatic heterocycles. The Labute approximate surface area is 195 Å². The minimum absolute atomic E-state index is 0.0508. The van der Waals surface area contributed by atoms with E-state index in [4.69, 9.17) is 19.6 Å². The predicted octanol–water partition coefficient (Wildman–Crippen LogP) is 5.77. The molecular weight excluding hydrogens is 433 g/mol. The lowest BCUT2D eigenvalue weighted by Gasteiger charge is -2.23. The Morgan fingerprint density at radius 3 is 2.74 bits per heavy atom. The molecule has 0 aliphatic carbocycles. The maximum Gasteiger partial charge on any atom is 0.219 e. The smallest absolute Gasteiger partial charge is 0.219 e. The minimum atomic E-state index is -0.273. The van der Waals surface area contributed by atoms with Gasteiger partial charge in [0.15, 0.2) is 11.6 Å². The number of pyridine rings is 1. The Morgan fingerprint density at radius 2 is 1.97 bits per heavy atom. The Hall–Kier alpha value is -4.04. The van der Waals surface area contributed by atoms with Crippen molar-refractivity contribution in [2.24, 2.45) is 0 Å². The summed E-state index contributed by atoms with van der Waals surface area (Å²) in [6.45, 7) is 1.31. The summed E-state index contributed by atoms with van der Waals surface area (Å²) in [4.78, 5) is 12.5. The molecule has 1 unspecified atom stereocenters. The highest BCUT2D eigenvalue weighted by Crippen LogP contribution is 2.31. The summed E-state index contributed by atoms with van der Waals surface area (Å²) >= 11 is 0. The number of H-pyrrole nitrogens is 1. The van der Waals surface area contributed by atoms with Gasteiger partial charge in [0.1, 0.15) is 11.6 Å². The third kappa shape index (κ3) is 3.92. The average Bonchev–Trinajstić information content (AvgIpc) is 3.51. The van der Waals surface area contributed by atoms with Gasteiger partial charge in [0.25, 0.3) is 0 Å². The largest absolute Gasteiger partial charge is 0.439 e. The third-order valence-electron chi connectivity index (χ3n) is 5.93. The van der Waals surface area contributed by atoms with Gasteiger partial charge in [-0.3, -0.25) is 0 Å². The van der Waals surface area contributed by atoms with Crippen LogP contribution in [0.25, 0.3) is 33.8 Å². The molecule has 7 nitrogen and oxygen atoms in total. The second kappa shape index (κ2) is 8.72. The molecule has 5 aromatic rings. The zero-order chi connectivity index (χ0) is 22.9. The van der Waals surface area contributed by atoms with Crippen LogP contribution < -0.4 is 4.74 Å². The fourth-order valence-corrected chi connectivity index (χ4v) is 4.22. The first kappa shape index (κ1) is 20.6. The molecule has 0 spiro atoms. The van der Waals surface area contributed by atoms with Gasteiger partial charge >= 0.3 is 0 Å². The molecule has 4 heterocycles. The summed E-state index contributed by atoms with van der Waals surface area (Å²) in [5.41, 5.74) is 2.19. The zero-order valence-corrected chi connectivity index (χ0v) is 18.3. The van der Waals surface area contributed by atoms with Crippen molar-refractivity contribution < 1.29 is 13.9 Å². The molecule has 1 saturated heterocycles. The molecule has 0 saturated carbocycles. The Bertz CT molecular complexity index is 1420. The monoisotopic (exact) mass is 455 g/mol. The Kier molecular flexibility index (Phi) is 5.27. The number of aromatic amines is 1. The zero-order valence-electron chi connectivity index (χ0n) is 18.3. The van der Waals surface area contributed by atoms with Crippen LogP contribution >= 0.6 is 0 Å². The van der Waals surface area contributed by atoms with E-state index in [-0.39, 0.29) is 11.9 Å². The molecule has 0 bridgehead atoms. The van der Waals surface area contributed by atoms with Crippen LogP contribution in [0.1, 0.15) is 18.9 Å². The molecule has 1 aliphatic rings. The maximum atomic E-state index is 14.3. The van der Waals surface area contributed by atoms with Gasteiger partial charge in [-0.1, -0.05) is 24.3 Å². The molecule has 1 atom stereocenters. The van der Waals surface area contributed by atoms with Crippen molar-refractivity contribution in [1.29, 1.82) is 0 Å². The van der Waals surface area contributed by atoms with E-state index in [1.807, 2.05) is 47.1 Å². The van der Waals surface area contributed by atoms with Crippen LogP contribution in [0.5, 0.6) is 11.6 Å². The predicted molar refractivity (Wildman–Crippen MR) is 126 cm³/mol. The van der Waals surface area contributed by atoms with E-state index in [9.17, 15) is 4.39 Å². The first-order chi connectivity index (χ1) is 16.7. The first-order valence-electron chi connectivity index (χ1n) is 11.3. The van der Waals surface area contributed by atoms with E-state index >= 15 is 0 Å². The van der Waals surface area contributed by atoms with Crippen LogP contribution in [-0.4, -0.2) is 37.9 Å². The quantitative estimate of drug-likeness (QED) is 0.364. The summed E-state index contributed by atoms with van der Waals surface area (Å²) in [5.74, 6) is 2.12. The highest BCUT2D eigenvalue weighted by molar-refractivity contribution is 5.85. The summed E-state index contributed by atoms with van der Waals surface area (Å²) in [6, 6.07) is 20.0. The van der Waals surface area contributed by atoms with Crippen LogP contribution in [0.15, 0.2) is 72.9 Å². The van der Waals surface area contributed by atoms with Crippen molar-refractivity contribution in [1.82, 2.24) is 24.7 Å². The highest BCUT2D eigenvalue weighted by Gasteiger charge is 2.24. The van der Waals surface area contributed by atoms with E-state index < -0.39 is 0 Å². The average molecular weight is 455 g/mol. The van der Waals surface area contributed by atoms with Crippen LogP contribution in [0.2, 0.25) is 0 Å². The van der Waals surface area contributed by atoms with Gasteiger partial charge in [-0.2, -0.15) is 0 Å². The van der Waals surface area contributed by atoms with Gasteiger partial charge in [0.05, 0.1) is 18.3 Å². The number of aromatic nitrogens is 5. The second-order valence-electron chi connectivity index (χ2n) is 8.26. The number of para-hydroxylation sites is 1. The number of ether oxygens (including phenoxy) is 2. The first-order valence-corrected chi connectivity index (χ1v) is 11.3. The molecular formula is C26H22FN5O2. The number of nitrogens with one attached hydrogen (secondary N) is 1. The van der Waals surface area contributed by atoms with Crippen molar-refractivity contribution in [3.8, 4) is 34.5 Å². The van der Waals surface area contributed by atoms with Crippen LogP contribution in [0, 0.1) is 5.82 Å². The van der Waals surface area contributed by atoms with Crippen molar-refractivity contribution in [2.45, 2.75) is 18.9 Å². The fraction of sp³-hybridized carbons (Fsp3) is 0.192. The molecule has 1 N–H and O–H groups in total. The lowest BCUT2D eigenvalue weighted by molar-refractivity contribution is 0.0555. The van der Waals surface area contributed by atoms with E-state index in [0.717, 1.165) is 36.3 Å². The minimum Gasteiger partial charge on any atom is -0.439 e. The third-order valence-corrected chi connectivity index (χ3v) is 5.93. The summed E-state index contributed by atoms with van der Waals surface area (Å²) in [5, 5.41) is 5.34. The molecule has 170 valence electrons. The van der Waals surface area contributed by atoms with Gasteiger partial charge in [-0.15, -0.1) is 5.10 Å². The normalized spacial score (nSPS) is 16.1.